The van der Waals surface area contributed by atoms with Gasteiger partial charge in [0.25, 0.3) is 0 Å². The highest BCUT2D eigenvalue weighted by molar-refractivity contribution is 9.10. The molecule has 0 aliphatic carbocycles. The maximum absolute atomic E-state index is 12.0. The van der Waals surface area contributed by atoms with Gasteiger partial charge in [0.2, 0.25) is 0 Å². The average molecular weight is 353 g/mol. The second-order valence-electron chi connectivity index (χ2n) is 4.68. The van der Waals surface area contributed by atoms with Gasteiger partial charge in [-0.25, -0.2) is 4.79 Å². The highest BCUT2D eigenvalue weighted by Crippen LogP contribution is 2.33. The highest BCUT2D eigenvalue weighted by Gasteiger charge is 2.18. The summed E-state index contributed by atoms with van der Waals surface area (Å²) in [6.07, 6.45) is -0.691. The summed E-state index contributed by atoms with van der Waals surface area (Å²) in [5.41, 5.74) is 2.34. The summed E-state index contributed by atoms with van der Waals surface area (Å²) >= 11 is 5.00. The third kappa shape index (κ3) is 1.95. The molecular formula is C14H13BrN2O2S. The molecule has 0 bridgehead atoms. The molecule has 0 amide bonds. The number of rotatable bonds is 2. The monoisotopic (exact) mass is 352 g/mol. The molecule has 3 aromatic rings. The molecule has 0 spiro atoms. The lowest BCUT2D eigenvalue weighted by Crippen LogP contribution is -2.19. The first kappa shape index (κ1) is 13.6. The zero-order chi connectivity index (χ0) is 14.4. The number of fused-ring (bicyclic) bond motifs is 1. The Labute approximate surface area is 128 Å². The van der Waals surface area contributed by atoms with Crippen LogP contribution in [0.25, 0.3) is 11.0 Å². The second-order valence-corrected chi connectivity index (χ2v) is 6.51. The largest absolute Gasteiger partial charge is 0.383 e. The van der Waals surface area contributed by atoms with Crippen molar-refractivity contribution in [3.8, 4) is 0 Å². The number of hydrogen-bond donors (Lipinski definition) is 1. The number of aliphatic hydroxyl groups is 1. The van der Waals surface area contributed by atoms with Crippen LogP contribution in [0.5, 0.6) is 0 Å². The normalized spacial score (nSPS) is 13.0. The number of imidazole rings is 1. The SMILES string of the molecule is Cn1c(=O)n(C)c2cc(C(O)c3cccs3)c(Br)cc21. The highest BCUT2D eigenvalue weighted by atomic mass is 79.9. The zero-order valence-electron chi connectivity index (χ0n) is 11.0. The molecular weight excluding hydrogens is 340 g/mol. The molecule has 1 atom stereocenters. The molecule has 0 aliphatic rings. The van der Waals surface area contributed by atoms with Crippen molar-refractivity contribution in [2.24, 2.45) is 14.1 Å². The Hall–Kier alpha value is -1.37. The van der Waals surface area contributed by atoms with Crippen molar-refractivity contribution in [1.82, 2.24) is 9.13 Å². The van der Waals surface area contributed by atoms with Gasteiger partial charge in [0.1, 0.15) is 6.10 Å². The number of aliphatic hydroxyl groups excluding tert-OH is 1. The molecule has 0 saturated heterocycles. The summed E-state index contributed by atoms with van der Waals surface area (Å²) in [6.45, 7) is 0. The van der Waals surface area contributed by atoms with Gasteiger partial charge in [0.15, 0.2) is 0 Å². The number of hydrogen-bond acceptors (Lipinski definition) is 3. The van der Waals surface area contributed by atoms with Crippen LogP contribution in [0.1, 0.15) is 16.5 Å². The maximum atomic E-state index is 12.0. The van der Waals surface area contributed by atoms with Crippen LogP contribution in [-0.4, -0.2) is 14.2 Å². The van der Waals surface area contributed by atoms with Crippen LogP contribution in [-0.2, 0) is 14.1 Å². The van der Waals surface area contributed by atoms with E-state index in [0.717, 1.165) is 25.9 Å². The minimum Gasteiger partial charge on any atom is -0.383 e. The van der Waals surface area contributed by atoms with E-state index in [1.165, 1.54) is 11.3 Å². The summed E-state index contributed by atoms with van der Waals surface area (Å²) in [6, 6.07) is 7.55. The van der Waals surface area contributed by atoms with Crippen molar-refractivity contribution in [1.29, 1.82) is 0 Å². The predicted molar refractivity (Wildman–Crippen MR) is 84.2 cm³/mol. The number of nitrogens with zero attached hydrogens (tertiary/aromatic N) is 2. The fourth-order valence-electron chi connectivity index (χ4n) is 2.35. The lowest BCUT2D eigenvalue weighted by atomic mass is 10.1. The minimum absolute atomic E-state index is 0.0744. The number of thiophene rings is 1. The van der Waals surface area contributed by atoms with E-state index in [0.29, 0.717) is 0 Å². The van der Waals surface area contributed by atoms with Crippen molar-refractivity contribution in [3.63, 3.8) is 0 Å². The Kier molecular flexibility index (Phi) is 3.32. The number of halogens is 1. The van der Waals surface area contributed by atoms with Crippen molar-refractivity contribution >= 4 is 38.3 Å². The van der Waals surface area contributed by atoms with E-state index >= 15 is 0 Å². The Morgan fingerprint density at radius 1 is 1.25 bits per heavy atom. The molecule has 0 saturated carbocycles. The third-order valence-electron chi connectivity index (χ3n) is 3.50. The topological polar surface area (TPSA) is 47.2 Å². The molecule has 2 aromatic heterocycles. The fourth-order valence-corrected chi connectivity index (χ4v) is 3.62. The smallest absolute Gasteiger partial charge is 0.328 e. The van der Waals surface area contributed by atoms with Gasteiger partial charge in [-0.3, -0.25) is 9.13 Å². The van der Waals surface area contributed by atoms with E-state index in [-0.39, 0.29) is 5.69 Å². The van der Waals surface area contributed by atoms with E-state index in [1.54, 1.807) is 23.2 Å². The first-order valence-corrected chi connectivity index (χ1v) is 7.74. The molecule has 20 heavy (non-hydrogen) atoms. The minimum atomic E-state index is -0.691. The average Bonchev–Trinajstić information content (AvgIpc) is 3.03. The first-order chi connectivity index (χ1) is 9.50. The molecule has 0 radical (unpaired) electrons. The van der Waals surface area contributed by atoms with Crippen LogP contribution in [0.3, 0.4) is 0 Å². The Morgan fingerprint density at radius 3 is 2.50 bits per heavy atom. The molecule has 0 fully saturated rings. The lowest BCUT2D eigenvalue weighted by molar-refractivity contribution is 0.223. The Morgan fingerprint density at radius 2 is 1.90 bits per heavy atom. The summed E-state index contributed by atoms with van der Waals surface area (Å²) < 4.78 is 3.99. The van der Waals surface area contributed by atoms with Gasteiger partial charge < -0.3 is 5.11 Å². The van der Waals surface area contributed by atoms with Crippen molar-refractivity contribution in [2.75, 3.05) is 0 Å². The third-order valence-corrected chi connectivity index (χ3v) is 5.11. The molecule has 6 heteroatoms. The van der Waals surface area contributed by atoms with Crippen molar-refractivity contribution < 1.29 is 5.11 Å². The fraction of sp³-hybridized carbons (Fsp3) is 0.214. The standard InChI is InChI=1S/C14H13BrN2O2S/c1-16-10-6-8(13(18)12-4-3-5-20-12)9(15)7-11(10)17(2)14(16)19/h3-7,13,18H,1-2H3. The van der Waals surface area contributed by atoms with Crippen LogP contribution in [0, 0.1) is 0 Å². The van der Waals surface area contributed by atoms with Crippen LogP contribution < -0.4 is 5.69 Å². The van der Waals surface area contributed by atoms with Gasteiger partial charge in [-0.1, -0.05) is 22.0 Å². The second kappa shape index (κ2) is 4.87. The molecule has 1 unspecified atom stereocenters. The van der Waals surface area contributed by atoms with Crippen LogP contribution >= 0.6 is 27.3 Å². The summed E-state index contributed by atoms with van der Waals surface area (Å²) in [5.74, 6) is 0. The van der Waals surface area contributed by atoms with Crippen LogP contribution in [0.15, 0.2) is 38.9 Å². The quantitative estimate of drug-likeness (QED) is 0.770. The van der Waals surface area contributed by atoms with E-state index < -0.39 is 6.10 Å². The molecule has 3 rings (SSSR count). The molecule has 1 N–H and O–H groups in total. The van der Waals surface area contributed by atoms with Gasteiger partial charge in [-0.2, -0.15) is 0 Å². The summed E-state index contributed by atoms with van der Waals surface area (Å²) in [7, 11) is 3.48. The van der Waals surface area contributed by atoms with E-state index in [4.69, 9.17) is 0 Å². The van der Waals surface area contributed by atoms with Gasteiger partial charge in [-0.15, -0.1) is 11.3 Å². The van der Waals surface area contributed by atoms with Gasteiger partial charge in [0.05, 0.1) is 11.0 Å². The molecule has 4 nitrogen and oxygen atoms in total. The molecule has 0 aliphatic heterocycles. The summed E-state index contributed by atoms with van der Waals surface area (Å²) in [5, 5.41) is 12.4. The van der Waals surface area contributed by atoms with Crippen molar-refractivity contribution in [2.45, 2.75) is 6.10 Å². The van der Waals surface area contributed by atoms with Crippen LogP contribution in [0.2, 0.25) is 0 Å². The molecule has 1 aromatic carbocycles. The van der Waals surface area contributed by atoms with Gasteiger partial charge in [0, 0.05) is 29.0 Å². The Balaban J connectivity index is 2.25. The van der Waals surface area contributed by atoms with E-state index in [1.807, 2.05) is 29.6 Å². The first-order valence-electron chi connectivity index (χ1n) is 6.07. The van der Waals surface area contributed by atoms with Gasteiger partial charge >= 0.3 is 5.69 Å². The van der Waals surface area contributed by atoms with E-state index in [2.05, 4.69) is 15.9 Å². The van der Waals surface area contributed by atoms with Gasteiger partial charge in [-0.05, 0) is 23.6 Å². The number of aromatic nitrogens is 2. The Bertz CT molecular complexity index is 833. The van der Waals surface area contributed by atoms with Crippen molar-refractivity contribution in [3.05, 3.63) is 55.0 Å². The molecule has 2 heterocycles. The molecule has 104 valence electrons. The zero-order valence-corrected chi connectivity index (χ0v) is 13.4. The number of benzene rings is 1. The maximum Gasteiger partial charge on any atom is 0.328 e. The van der Waals surface area contributed by atoms with E-state index in [9.17, 15) is 9.90 Å². The lowest BCUT2D eigenvalue weighted by Gasteiger charge is -2.12. The summed E-state index contributed by atoms with van der Waals surface area (Å²) in [4.78, 5) is 12.8. The van der Waals surface area contributed by atoms with Crippen LogP contribution in [0.4, 0.5) is 0 Å². The number of aryl methyl sites for hydroxylation is 2. The predicted octanol–water partition coefficient (Wildman–Crippen LogP) is 2.78.